The molecule has 0 spiro atoms. The van der Waals surface area contributed by atoms with Crippen LogP contribution in [0.25, 0.3) is 0 Å². The summed E-state index contributed by atoms with van der Waals surface area (Å²) >= 11 is 7.41. The third kappa shape index (κ3) is 4.84. The molecule has 6 nitrogen and oxygen atoms in total. The zero-order valence-electron chi connectivity index (χ0n) is 10.3. The summed E-state index contributed by atoms with van der Waals surface area (Å²) < 4.78 is 9.79. The van der Waals surface area contributed by atoms with Crippen LogP contribution in [0, 0.1) is 0 Å². The maximum absolute atomic E-state index is 10.3. The normalized spacial score (nSPS) is 10.7. The first-order chi connectivity index (χ1) is 9.63. The maximum atomic E-state index is 10.3. The van der Waals surface area contributed by atoms with E-state index >= 15 is 0 Å². The minimum absolute atomic E-state index is 0.0128. The molecule has 0 amide bonds. The van der Waals surface area contributed by atoms with Gasteiger partial charge in [-0.1, -0.05) is 22.8 Å². The number of carbonyl (C=O) groups is 1. The van der Waals surface area contributed by atoms with Crippen molar-refractivity contribution < 1.29 is 19.2 Å². The topological polar surface area (TPSA) is 85.5 Å². The minimum Gasteiger partial charge on any atom is -0.480 e. The smallest absolute Gasteiger partial charge is 0.329 e. The SMILES string of the molecule is O=C(O)COCc1nc(CSc2cccc(Cl)c2)no1. The molecule has 0 aliphatic heterocycles. The van der Waals surface area contributed by atoms with Gasteiger partial charge in [0.15, 0.2) is 5.82 Å². The van der Waals surface area contributed by atoms with Crippen molar-refractivity contribution in [3.63, 3.8) is 0 Å². The largest absolute Gasteiger partial charge is 0.480 e. The first-order valence-electron chi connectivity index (χ1n) is 5.63. The number of halogens is 1. The Bertz CT molecular complexity index is 590. The van der Waals surface area contributed by atoms with Gasteiger partial charge in [0.2, 0.25) is 0 Å². The number of rotatable bonds is 7. The summed E-state index contributed by atoms with van der Waals surface area (Å²) in [5.74, 6) is 0.265. The van der Waals surface area contributed by atoms with Crippen LogP contribution < -0.4 is 0 Å². The Labute approximate surface area is 124 Å². The highest BCUT2D eigenvalue weighted by molar-refractivity contribution is 7.98. The predicted octanol–water partition coefficient (Wildman–Crippen LogP) is 2.62. The number of nitrogens with zero attached hydrogens (tertiary/aromatic N) is 2. The van der Waals surface area contributed by atoms with Crippen molar-refractivity contribution in [3.05, 3.63) is 41.0 Å². The standard InChI is InChI=1S/C12H11ClN2O4S/c13-8-2-1-3-9(4-8)20-7-10-14-11(19-15-10)5-18-6-12(16)17/h1-4H,5-7H2,(H,16,17). The van der Waals surface area contributed by atoms with Crippen LogP contribution in [0.2, 0.25) is 5.02 Å². The quantitative estimate of drug-likeness (QED) is 0.786. The second-order valence-corrected chi connectivity index (χ2v) is 5.22. The van der Waals surface area contributed by atoms with E-state index in [2.05, 4.69) is 10.1 Å². The highest BCUT2D eigenvalue weighted by Gasteiger charge is 2.08. The van der Waals surface area contributed by atoms with Crippen molar-refractivity contribution in [1.29, 1.82) is 0 Å². The molecule has 0 saturated heterocycles. The molecule has 2 rings (SSSR count). The fraction of sp³-hybridized carbons (Fsp3) is 0.250. The number of carboxylic acids is 1. The Morgan fingerprint density at radius 2 is 2.35 bits per heavy atom. The molecule has 0 fully saturated rings. The van der Waals surface area contributed by atoms with Crippen LogP contribution in [-0.4, -0.2) is 27.8 Å². The van der Waals surface area contributed by atoms with Crippen LogP contribution in [0.5, 0.6) is 0 Å². The van der Waals surface area contributed by atoms with Gasteiger partial charge in [-0.05, 0) is 18.2 Å². The Kier molecular flexibility index (Phi) is 5.40. The van der Waals surface area contributed by atoms with Crippen LogP contribution in [0.1, 0.15) is 11.7 Å². The predicted molar refractivity (Wildman–Crippen MR) is 72.6 cm³/mol. The third-order valence-electron chi connectivity index (χ3n) is 2.13. The molecule has 0 aliphatic carbocycles. The van der Waals surface area contributed by atoms with Gasteiger partial charge in [-0.15, -0.1) is 11.8 Å². The number of ether oxygens (including phenoxy) is 1. The van der Waals surface area contributed by atoms with Crippen molar-refractivity contribution in [2.24, 2.45) is 0 Å². The van der Waals surface area contributed by atoms with Crippen molar-refractivity contribution in [3.8, 4) is 0 Å². The van der Waals surface area contributed by atoms with Gasteiger partial charge in [-0.2, -0.15) is 4.98 Å². The van der Waals surface area contributed by atoms with Gasteiger partial charge in [0.1, 0.15) is 13.2 Å². The summed E-state index contributed by atoms with van der Waals surface area (Å²) in [4.78, 5) is 15.4. The van der Waals surface area contributed by atoms with Gasteiger partial charge in [-0.3, -0.25) is 0 Å². The lowest BCUT2D eigenvalue weighted by Crippen LogP contribution is -2.06. The van der Waals surface area contributed by atoms with E-state index in [1.165, 1.54) is 11.8 Å². The second-order valence-electron chi connectivity index (χ2n) is 3.74. The molecule has 20 heavy (non-hydrogen) atoms. The molecule has 0 saturated carbocycles. The monoisotopic (exact) mass is 314 g/mol. The molecule has 0 bridgehead atoms. The van der Waals surface area contributed by atoms with Crippen LogP contribution in [-0.2, 0) is 21.9 Å². The Hall–Kier alpha value is -1.57. The van der Waals surface area contributed by atoms with E-state index in [0.29, 0.717) is 16.6 Å². The Balaban J connectivity index is 1.82. The zero-order valence-corrected chi connectivity index (χ0v) is 11.9. The number of aromatic nitrogens is 2. The number of hydrogen-bond acceptors (Lipinski definition) is 6. The summed E-state index contributed by atoms with van der Waals surface area (Å²) in [6.45, 7) is -0.407. The average Bonchev–Trinajstić information content (AvgIpc) is 2.84. The molecular weight excluding hydrogens is 304 g/mol. The number of thioether (sulfide) groups is 1. The molecule has 1 aromatic heterocycles. The van der Waals surface area contributed by atoms with Gasteiger partial charge in [-0.25, -0.2) is 4.79 Å². The number of aliphatic carboxylic acids is 1. The van der Waals surface area contributed by atoms with E-state index in [1.807, 2.05) is 18.2 Å². The van der Waals surface area contributed by atoms with E-state index in [4.69, 9.17) is 26.0 Å². The molecule has 0 aliphatic rings. The summed E-state index contributed by atoms with van der Waals surface area (Å²) in [6.07, 6.45) is 0. The lowest BCUT2D eigenvalue weighted by Gasteiger charge is -1.98. The summed E-state index contributed by atoms with van der Waals surface area (Å²) in [7, 11) is 0. The molecule has 0 radical (unpaired) electrons. The Morgan fingerprint density at radius 1 is 1.50 bits per heavy atom. The summed E-state index contributed by atoms with van der Waals surface area (Å²) in [5.41, 5.74) is 0. The van der Waals surface area contributed by atoms with Gasteiger partial charge < -0.3 is 14.4 Å². The van der Waals surface area contributed by atoms with Crippen LogP contribution in [0.4, 0.5) is 0 Å². The first-order valence-corrected chi connectivity index (χ1v) is 6.99. The highest BCUT2D eigenvalue weighted by atomic mass is 35.5. The van der Waals surface area contributed by atoms with E-state index in [0.717, 1.165) is 4.90 Å². The van der Waals surface area contributed by atoms with Gasteiger partial charge in [0, 0.05) is 9.92 Å². The minimum atomic E-state index is -1.04. The van der Waals surface area contributed by atoms with E-state index in [9.17, 15) is 4.79 Å². The van der Waals surface area contributed by atoms with Crippen molar-refractivity contribution in [1.82, 2.24) is 10.1 Å². The number of benzene rings is 1. The fourth-order valence-electron chi connectivity index (χ4n) is 1.34. The molecule has 1 N–H and O–H groups in total. The third-order valence-corrected chi connectivity index (χ3v) is 3.35. The molecule has 1 aromatic carbocycles. The van der Waals surface area contributed by atoms with Crippen LogP contribution in [0.15, 0.2) is 33.7 Å². The van der Waals surface area contributed by atoms with Gasteiger partial charge >= 0.3 is 5.97 Å². The summed E-state index contributed by atoms with van der Waals surface area (Å²) in [5, 5.41) is 12.9. The lowest BCUT2D eigenvalue weighted by molar-refractivity contribution is -0.142. The molecule has 0 unspecified atom stereocenters. The van der Waals surface area contributed by atoms with Crippen LogP contribution >= 0.6 is 23.4 Å². The molecule has 1 heterocycles. The average molecular weight is 315 g/mol. The van der Waals surface area contributed by atoms with Gasteiger partial charge in [0.25, 0.3) is 5.89 Å². The number of carboxylic acid groups (broad SMARTS) is 1. The lowest BCUT2D eigenvalue weighted by atomic mass is 10.4. The maximum Gasteiger partial charge on any atom is 0.329 e. The van der Waals surface area contributed by atoms with E-state index < -0.39 is 12.6 Å². The first kappa shape index (κ1) is 14.8. The zero-order chi connectivity index (χ0) is 14.4. The van der Waals surface area contributed by atoms with Crippen molar-refractivity contribution >= 4 is 29.3 Å². The Morgan fingerprint density at radius 3 is 3.10 bits per heavy atom. The van der Waals surface area contributed by atoms with E-state index in [1.54, 1.807) is 6.07 Å². The number of hydrogen-bond donors (Lipinski definition) is 1. The molecular formula is C12H11ClN2O4S. The molecule has 106 valence electrons. The van der Waals surface area contributed by atoms with E-state index in [-0.39, 0.29) is 12.5 Å². The second kappa shape index (κ2) is 7.28. The molecule has 2 aromatic rings. The molecule has 0 atom stereocenters. The highest BCUT2D eigenvalue weighted by Crippen LogP contribution is 2.24. The van der Waals surface area contributed by atoms with Gasteiger partial charge in [0.05, 0.1) is 5.75 Å². The fourth-order valence-corrected chi connectivity index (χ4v) is 2.39. The van der Waals surface area contributed by atoms with Crippen molar-refractivity contribution in [2.75, 3.05) is 6.61 Å². The summed E-state index contributed by atoms with van der Waals surface area (Å²) in [6, 6.07) is 7.46. The van der Waals surface area contributed by atoms with Crippen LogP contribution in [0.3, 0.4) is 0 Å². The molecule has 8 heteroatoms. The van der Waals surface area contributed by atoms with Crippen molar-refractivity contribution in [2.45, 2.75) is 17.3 Å².